The van der Waals surface area contributed by atoms with E-state index in [0.29, 0.717) is 0 Å². The van der Waals surface area contributed by atoms with Crippen molar-refractivity contribution in [3.8, 4) is 5.88 Å². The summed E-state index contributed by atoms with van der Waals surface area (Å²) in [7, 11) is -3.71. The fourth-order valence-corrected chi connectivity index (χ4v) is 1.55. The molecule has 1 aromatic rings. The van der Waals surface area contributed by atoms with Gasteiger partial charge in [-0.1, -0.05) is 0 Å². The largest absolute Gasteiger partial charge is 0.574 e. The summed E-state index contributed by atoms with van der Waals surface area (Å²) in [5.41, 5.74) is -0.0984. The Morgan fingerprint density at radius 2 is 1.94 bits per heavy atom. The van der Waals surface area contributed by atoms with Crippen molar-refractivity contribution < 1.29 is 26.3 Å². The molecule has 5 nitrogen and oxygen atoms in total. The third kappa shape index (κ3) is 4.89. The molecule has 0 aliphatic heterocycles. The van der Waals surface area contributed by atoms with Gasteiger partial charge in [0.25, 0.3) is 0 Å². The number of pyridine rings is 1. The molecule has 96 valence electrons. The van der Waals surface area contributed by atoms with Crippen LogP contribution in [0.2, 0.25) is 0 Å². The molecule has 1 rings (SSSR count). The predicted molar refractivity (Wildman–Crippen MR) is 54.1 cm³/mol. The molecule has 0 saturated carbocycles. The second-order valence-corrected chi connectivity index (χ2v) is 4.98. The number of anilines is 1. The first kappa shape index (κ1) is 13.6. The molecule has 1 heterocycles. The molecule has 17 heavy (non-hydrogen) atoms. The second-order valence-electron chi connectivity index (χ2n) is 3.23. The van der Waals surface area contributed by atoms with Gasteiger partial charge in [-0.2, -0.15) is 0 Å². The Bertz CT molecular complexity index is 513. The molecule has 0 aromatic carbocycles. The monoisotopic (exact) mass is 270 g/mol. The van der Waals surface area contributed by atoms with E-state index in [-0.39, 0.29) is 11.4 Å². The molecular formula is C8H9F3N2O3S. The highest BCUT2D eigenvalue weighted by atomic mass is 32.2. The Morgan fingerprint density at radius 3 is 2.41 bits per heavy atom. The lowest BCUT2D eigenvalue weighted by molar-refractivity contribution is -0.275. The minimum Gasteiger partial charge on any atom is -0.386 e. The SMILES string of the molecule is Cc1ccc(NS(C)(=O)=O)c(OC(F)(F)F)n1. The van der Waals surface area contributed by atoms with E-state index in [9.17, 15) is 21.6 Å². The molecule has 0 spiro atoms. The average molecular weight is 270 g/mol. The summed E-state index contributed by atoms with van der Waals surface area (Å²) in [6.45, 7) is 1.45. The van der Waals surface area contributed by atoms with Gasteiger partial charge in [0.2, 0.25) is 15.9 Å². The number of aromatic nitrogens is 1. The lowest BCUT2D eigenvalue weighted by Gasteiger charge is -2.13. The van der Waals surface area contributed by atoms with Crippen LogP contribution in [0.5, 0.6) is 5.88 Å². The van der Waals surface area contributed by atoms with E-state index in [1.807, 2.05) is 4.72 Å². The molecule has 9 heteroatoms. The molecule has 0 atom stereocenters. The molecule has 0 fully saturated rings. The summed E-state index contributed by atoms with van der Waals surface area (Å²) in [5, 5.41) is 0. The Morgan fingerprint density at radius 1 is 1.35 bits per heavy atom. The van der Waals surface area contributed by atoms with Crippen LogP contribution in [0.4, 0.5) is 18.9 Å². The maximum Gasteiger partial charge on any atom is 0.574 e. The number of hydrogen-bond donors (Lipinski definition) is 1. The summed E-state index contributed by atoms with van der Waals surface area (Å²) < 4.78 is 63.5. The highest BCUT2D eigenvalue weighted by Gasteiger charge is 2.33. The first-order valence-corrected chi connectivity index (χ1v) is 6.17. The number of alkyl halides is 3. The van der Waals surface area contributed by atoms with E-state index < -0.39 is 22.3 Å². The number of sulfonamides is 1. The van der Waals surface area contributed by atoms with Crippen molar-refractivity contribution in [1.29, 1.82) is 0 Å². The Balaban J connectivity index is 3.13. The zero-order chi connectivity index (χ0) is 13.3. The van der Waals surface area contributed by atoms with Crippen molar-refractivity contribution in [3.63, 3.8) is 0 Å². The maximum absolute atomic E-state index is 12.0. The van der Waals surface area contributed by atoms with Crippen molar-refractivity contribution in [2.24, 2.45) is 0 Å². The minimum atomic E-state index is -4.94. The maximum atomic E-state index is 12.0. The molecule has 0 aliphatic rings. The zero-order valence-electron chi connectivity index (χ0n) is 8.87. The van der Waals surface area contributed by atoms with E-state index in [4.69, 9.17) is 0 Å². The van der Waals surface area contributed by atoms with Gasteiger partial charge in [0, 0.05) is 5.69 Å². The van der Waals surface area contributed by atoms with Crippen LogP contribution in [0, 0.1) is 6.92 Å². The molecular weight excluding hydrogens is 261 g/mol. The van der Waals surface area contributed by atoms with Gasteiger partial charge in [0.1, 0.15) is 5.69 Å². The van der Waals surface area contributed by atoms with E-state index in [1.165, 1.54) is 13.0 Å². The normalized spacial score (nSPS) is 12.3. The number of nitrogens with zero attached hydrogens (tertiary/aromatic N) is 1. The van der Waals surface area contributed by atoms with E-state index in [1.54, 1.807) is 0 Å². The Hall–Kier alpha value is -1.51. The van der Waals surface area contributed by atoms with Gasteiger partial charge in [0.15, 0.2) is 0 Å². The first-order valence-electron chi connectivity index (χ1n) is 4.28. The third-order valence-corrected chi connectivity index (χ3v) is 2.10. The van der Waals surface area contributed by atoms with Crippen LogP contribution in [0.15, 0.2) is 12.1 Å². The highest BCUT2D eigenvalue weighted by molar-refractivity contribution is 7.92. The van der Waals surface area contributed by atoms with Crippen LogP contribution in [0.25, 0.3) is 0 Å². The van der Waals surface area contributed by atoms with E-state index in [2.05, 4.69) is 9.72 Å². The lowest BCUT2D eigenvalue weighted by atomic mass is 10.3. The van der Waals surface area contributed by atoms with Crippen LogP contribution >= 0.6 is 0 Å². The molecule has 0 aliphatic carbocycles. The lowest BCUT2D eigenvalue weighted by Crippen LogP contribution is -2.20. The van der Waals surface area contributed by atoms with E-state index >= 15 is 0 Å². The van der Waals surface area contributed by atoms with Crippen molar-refractivity contribution in [1.82, 2.24) is 4.98 Å². The number of ether oxygens (including phenoxy) is 1. The molecule has 0 amide bonds. The van der Waals surface area contributed by atoms with Crippen molar-refractivity contribution in [2.75, 3.05) is 11.0 Å². The van der Waals surface area contributed by atoms with Crippen molar-refractivity contribution in [3.05, 3.63) is 17.8 Å². The molecule has 1 aromatic heterocycles. The summed E-state index contributed by atoms with van der Waals surface area (Å²) in [4.78, 5) is 3.47. The van der Waals surface area contributed by atoms with Gasteiger partial charge < -0.3 is 4.74 Å². The van der Waals surface area contributed by atoms with Gasteiger partial charge in [0.05, 0.1) is 6.26 Å². The van der Waals surface area contributed by atoms with Gasteiger partial charge in [-0.25, -0.2) is 13.4 Å². The molecule has 0 radical (unpaired) electrons. The topological polar surface area (TPSA) is 68.3 Å². The Labute approximate surface area is 95.7 Å². The number of halogens is 3. The van der Waals surface area contributed by atoms with Crippen LogP contribution in [-0.4, -0.2) is 26.0 Å². The standard InChI is InChI=1S/C8H9F3N2O3S/c1-5-3-4-6(13-17(2,14)15)7(12-5)16-8(9,10)11/h3-4,13H,1-2H3. The Kier molecular flexibility index (Phi) is 3.51. The number of hydrogen-bond acceptors (Lipinski definition) is 4. The van der Waals surface area contributed by atoms with Crippen molar-refractivity contribution in [2.45, 2.75) is 13.3 Å². The molecule has 0 bridgehead atoms. The van der Waals surface area contributed by atoms with Crippen LogP contribution in [0.3, 0.4) is 0 Å². The average Bonchev–Trinajstić information content (AvgIpc) is 2.05. The van der Waals surface area contributed by atoms with Gasteiger partial charge in [-0.15, -0.1) is 13.2 Å². The fourth-order valence-electron chi connectivity index (χ4n) is 0.998. The highest BCUT2D eigenvalue weighted by Crippen LogP contribution is 2.28. The summed E-state index contributed by atoms with van der Waals surface area (Å²) in [5.74, 6) is -0.831. The first-order chi connectivity index (χ1) is 7.57. The van der Waals surface area contributed by atoms with Crippen LogP contribution in [-0.2, 0) is 10.0 Å². The van der Waals surface area contributed by atoms with E-state index in [0.717, 1.165) is 12.3 Å². The number of rotatable bonds is 3. The van der Waals surface area contributed by atoms with Crippen LogP contribution < -0.4 is 9.46 Å². The molecule has 0 unspecified atom stereocenters. The summed E-state index contributed by atoms with van der Waals surface area (Å²) in [6, 6.07) is 2.50. The number of nitrogens with one attached hydrogen (secondary N) is 1. The molecule has 0 saturated heterocycles. The second kappa shape index (κ2) is 4.40. The third-order valence-electron chi connectivity index (χ3n) is 1.51. The minimum absolute atomic E-state index is 0.267. The quantitative estimate of drug-likeness (QED) is 0.907. The molecule has 1 N–H and O–H groups in total. The zero-order valence-corrected chi connectivity index (χ0v) is 9.69. The van der Waals surface area contributed by atoms with Crippen molar-refractivity contribution >= 4 is 15.7 Å². The van der Waals surface area contributed by atoms with Gasteiger partial charge in [-0.3, -0.25) is 4.72 Å². The smallest absolute Gasteiger partial charge is 0.386 e. The summed E-state index contributed by atoms with van der Waals surface area (Å²) in [6.07, 6.45) is -4.13. The van der Waals surface area contributed by atoms with Gasteiger partial charge >= 0.3 is 6.36 Å². The van der Waals surface area contributed by atoms with Crippen LogP contribution in [0.1, 0.15) is 5.69 Å². The van der Waals surface area contributed by atoms with Gasteiger partial charge in [-0.05, 0) is 19.1 Å². The summed E-state index contributed by atoms with van der Waals surface area (Å²) >= 11 is 0. The fraction of sp³-hybridized carbons (Fsp3) is 0.375. The predicted octanol–water partition coefficient (Wildman–Crippen LogP) is 1.66. The number of aryl methyl sites for hydroxylation is 1.